The van der Waals surface area contributed by atoms with Crippen molar-refractivity contribution in [2.45, 2.75) is 31.7 Å². The molecule has 2 aromatic heterocycles. The molecule has 2 aromatic carbocycles. The van der Waals surface area contributed by atoms with Crippen LogP contribution in [0.15, 0.2) is 79.0 Å². The summed E-state index contributed by atoms with van der Waals surface area (Å²) in [4.78, 5) is 18.4. The summed E-state index contributed by atoms with van der Waals surface area (Å²) in [5, 5.41) is 0. The summed E-state index contributed by atoms with van der Waals surface area (Å²) in [6.45, 7) is 0.857. The summed E-state index contributed by atoms with van der Waals surface area (Å²) in [5.41, 5.74) is 9.01. The van der Waals surface area contributed by atoms with Crippen molar-refractivity contribution < 1.29 is 4.79 Å². The van der Waals surface area contributed by atoms with Gasteiger partial charge in [-0.2, -0.15) is 0 Å². The Kier molecular flexibility index (Phi) is 3.95. The second-order valence-corrected chi connectivity index (χ2v) is 8.26. The summed E-state index contributed by atoms with van der Waals surface area (Å²) in [5.74, 6) is 0.535. The summed E-state index contributed by atoms with van der Waals surface area (Å²) in [7, 11) is 0. The van der Waals surface area contributed by atoms with Crippen LogP contribution in [0.5, 0.6) is 0 Å². The molecule has 3 heterocycles. The maximum absolute atomic E-state index is 13.8. The lowest BCUT2D eigenvalue weighted by Gasteiger charge is -2.19. The van der Waals surface area contributed by atoms with Crippen molar-refractivity contribution >= 4 is 5.78 Å². The molecule has 3 nitrogen and oxygen atoms in total. The number of ketones is 1. The minimum Gasteiger partial charge on any atom is -0.340 e. The van der Waals surface area contributed by atoms with E-state index in [2.05, 4.69) is 45.9 Å². The minimum atomic E-state index is 0.114. The maximum Gasteiger partial charge on any atom is 0.210 e. The zero-order valence-corrected chi connectivity index (χ0v) is 16.7. The zero-order chi connectivity index (χ0) is 20.1. The third-order valence-electron chi connectivity index (χ3n) is 6.62. The van der Waals surface area contributed by atoms with Crippen molar-refractivity contribution in [2.24, 2.45) is 0 Å². The third kappa shape index (κ3) is 2.58. The highest BCUT2D eigenvalue weighted by molar-refractivity contribution is 6.13. The standard InChI is InChI=1S/C27H22N2O/c30-27(19-10-5-2-6-11-19)26-25-21-12-7-15-28-23(21)14-13-22(25)24-16-20(17-29(24)26)18-8-3-1-4-9-18/h1-12,15,20H,13-14,16-17H2. The van der Waals surface area contributed by atoms with E-state index in [4.69, 9.17) is 0 Å². The second-order valence-electron chi connectivity index (χ2n) is 8.26. The van der Waals surface area contributed by atoms with Crippen LogP contribution in [-0.2, 0) is 25.8 Å². The number of benzene rings is 2. The SMILES string of the molecule is O=C(c1ccccc1)c1c2c(c3n1CC(c1ccccc1)C3)CCc1ncccc1-2. The monoisotopic (exact) mass is 390 g/mol. The lowest BCUT2D eigenvalue weighted by atomic mass is 9.85. The Morgan fingerprint density at radius 1 is 0.900 bits per heavy atom. The molecule has 0 amide bonds. The van der Waals surface area contributed by atoms with E-state index in [-0.39, 0.29) is 5.78 Å². The Bertz CT molecular complexity index is 1260. The first-order valence-corrected chi connectivity index (χ1v) is 10.6. The highest BCUT2D eigenvalue weighted by Gasteiger charge is 2.36. The molecule has 0 N–H and O–H groups in total. The number of aryl methyl sites for hydroxylation is 1. The molecule has 0 spiro atoms. The van der Waals surface area contributed by atoms with Crippen LogP contribution in [0.3, 0.4) is 0 Å². The van der Waals surface area contributed by atoms with Gasteiger partial charge in [-0.3, -0.25) is 9.78 Å². The molecule has 30 heavy (non-hydrogen) atoms. The van der Waals surface area contributed by atoms with Crippen LogP contribution >= 0.6 is 0 Å². The Balaban J connectivity index is 1.55. The number of pyridine rings is 1. The van der Waals surface area contributed by atoms with Crippen LogP contribution < -0.4 is 0 Å². The number of fused-ring (bicyclic) bond motifs is 5. The number of nitrogens with zero attached hydrogens (tertiary/aromatic N) is 2. The Hall–Kier alpha value is -3.46. The van der Waals surface area contributed by atoms with Gasteiger partial charge in [0, 0.05) is 46.7 Å². The summed E-state index contributed by atoms with van der Waals surface area (Å²) < 4.78 is 2.32. The fourth-order valence-electron chi connectivity index (χ4n) is 5.25. The molecule has 0 fully saturated rings. The van der Waals surface area contributed by atoms with Gasteiger partial charge >= 0.3 is 0 Å². The van der Waals surface area contributed by atoms with Gasteiger partial charge in [-0.25, -0.2) is 0 Å². The highest BCUT2D eigenvalue weighted by Crippen LogP contribution is 2.44. The fourth-order valence-corrected chi connectivity index (χ4v) is 5.25. The average Bonchev–Trinajstić information content (AvgIpc) is 3.37. The van der Waals surface area contributed by atoms with E-state index in [9.17, 15) is 4.79 Å². The molecule has 0 saturated heterocycles. The van der Waals surface area contributed by atoms with Crippen LogP contribution in [0.4, 0.5) is 0 Å². The number of hydrogen-bond acceptors (Lipinski definition) is 2. The number of rotatable bonds is 3. The molecule has 3 heteroatoms. The van der Waals surface area contributed by atoms with Crippen molar-refractivity contribution in [1.82, 2.24) is 9.55 Å². The number of carbonyl (C=O) groups is 1. The lowest BCUT2D eigenvalue weighted by molar-refractivity contribution is 0.103. The molecule has 4 aromatic rings. The van der Waals surface area contributed by atoms with E-state index in [0.29, 0.717) is 5.92 Å². The fraction of sp³-hybridized carbons (Fsp3) is 0.185. The molecule has 1 unspecified atom stereocenters. The van der Waals surface area contributed by atoms with Crippen LogP contribution in [0.2, 0.25) is 0 Å². The third-order valence-corrected chi connectivity index (χ3v) is 6.62. The molecule has 1 atom stereocenters. The van der Waals surface area contributed by atoms with Crippen molar-refractivity contribution in [3.63, 3.8) is 0 Å². The van der Waals surface area contributed by atoms with Crippen LogP contribution in [0, 0.1) is 0 Å². The molecule has 1 aliphatic carbocycles. The van der Waals surface area contributed by atoms with Gasteiger partial charge in [0.2, 0.25) is 5.78 Å². The molecule has 2 aliphatic rings. The lowest BCUT2D eigenvalue weighted by Crippen LogP contribution is -2.13. The van der Waals surface area contributed by atoms with Gasteiger partial charge < -0.3 is 4.57 Å². The molecule has 146 valence electrons. The quantitative estimate of drug-likeness (QED) is 0.450. The van der Waals surface area contributed by atoms with Crippen molar-refractivity contribution in [3.8, 4) is 11.1 Å². The van der Waals surface area contributed by atoms with Crippen molar-refractivity contribution in [2.75, 3.05) is 0 Å². The first-order chi connectivity index (χ1) is 14.8. The second kappa shape index (κ2) is 6.81. The van der Waals surface area contributed by atoms with E-state index >= 15 is 0 Å². The summed E-state index contributed by atoms with van der Waals surface area (Å²) in [6.07, 6.45) is 4.75. The van der Waals surface area contributed by atoms with Gasteiger partial charge in [0.25, 0.3) is 0 Å². The van der Waals surface area contributed by atoms with Crippen molar-refractivity contribution in [1.29, 1.82) is 0 Å². The predicted octanol–water partition coefficient (Wildman–Crippen LogP) is 5.22. The number of hydrogen-bond donors (Lipinski definition) is 0. The largest absolute Gasteiger partial charge is 0.340 e. The Morgan fingerprint density at radius 3 is 2.47 bits per heavy atom. The number of carbonyl (C=O) groups excluding carboxylic acids is 1. The molecule has 6 rings (SSSR count). The zero-order valence-electron chi connectivity index (χ0n) is 16.7. The van der Waals surface area contributed by atoms with Gasteiger partial charge in [0.1, 0.15) is 0 Å². The first kappa shape index (κ1) is 17.4. The van der Waals surface area contributed by atoms with E-state index < -0.39 is 0 Å². The van der Waals surface area contributed by atoms with Gasteiger partial charge in [-0.1, -0.05) is 66.7 Å². The molecule has 0 radical (unpaired) electrons. The smallest absolute Gasteiger partial charge is 0.210 e. The molecule has 0 saturated carbocycles. The van der Waals surface area contributed by atoms with Crippen LogP contribution in [0.25, 0.3) is 11.1 Å². The molecular formula is C27H22N2O. The topological polar surface area (TPSA) is 34.9 Å². The Morgan fingerprint density at radius 2 is 1.67 bits per heavy atom. The van der Waals surface area contributed by atoms with Gasteiger partial charge in [-0.15, -0.1) is 0 Å². The summed E-state index contributed by atoms with van der Waals surface area (Å²) >= 11 is 0. The highest BCUT2D eigenvalue weighted by atomic mass is 16.1. The van der Waals surface area contributed by atoms with Crippen LogP contribution in [0.1, 0.15) is 44.5 Å². The van der Waals surface area contributed by atoms with Gasteiger partial charge in [0.15, 0.2) is 0 Å². The number of aromatic nitrogens is 2. The van der Waals surface area contributed by atoms with Crippen LogP contribution in [-0.4, -0.2) is 15.3 Å². The van der Waals surface area contributed by atoms with E-state index in [1.54, 1.807) is 0 Å². The van der Waals surface area contributed by atoms with Gasteiger partial charge in [0.05, 0.1) is 5.69 Å². The normalized spacial score (nSPS) is 16.6. The molecular weight excluding hydrogens is 368 g/mol. The molecule has 0 bridgehead atoms. The maximum atomic E-state index is 13.8. The summed E-state index contributed by atoms with van der Waals surface area (Å²) in [6, 6.07) is 24.5. The molecule has 1 aliphatic heterocycles. The van der Waals surface area contributed by atoms with Crippen molar-refractivity contribution in [3.05, 3.63) is 113 Å². The van der Waals surface area contributed by atoms with Gasteiger partial charge in [-0.05, 0) is 36.5 Å². The predicted molar refractivity (Wildman–Crippen MR) is 118 cm³/mol. The van der Waals surface area contributed by atoms with E-state index in [0.717, 1.165) is 53.9 Å². The van der Waals surface area contributed by atoms with E-state index in [1.165, 1.54) is 16.8 Å². The first-order valence-electron chi connectivity index (χ1n) is 10.6. The Labute approximate surface area is 176 Å². The average molecular weight is 390 g/mol. The van der Waals surface area contributed by atoms with E-state index in [1.807, 2.05) is 42.6 Å². The minimum absolute atomic E-state index is 0.114.